The van der Waals surface area contributed by atoms with E-state index in [-0.39, 0.29) is 23.4 Å². The summed E-state index contributed by atoms with van der Waals surface area (Å²) in [5.41, 5.74) is 1.75. The summed E-state index contributed by atoms with van der Waals surface area (Å²) in [6.45, 7) is 7.12. The predicted molar refractivity (Wildman–Crippen MR) is 112 cm³/mol. The SMILES string of the molecule is CC(C)OCCOCc1cccc(NC(C)C(=O)Nc2ccccc2[N+](=O)[O-])c1. The van der Waals surface area contributed by atoms with Gasteiger partial charge in [-0.1, -0.05) is 24.3 Å². The van der Waals surface area contributed by atoms with Crippen LogP contribution in [0.25, 0.3) is 0 Å². The number of nitro benzene ring substituents is 1. The summed E-state index contributed by atoms with van der Waals surface area (Å²) in [5, 5.41) is 16.8. The minimum atomic E-state index is -0.592. The minimum absolute atomic E-state index is 0.145. The van der Waals surface area contributed by atoms with Gasteiger partial charge in [0.25, 0.3) is 5.69 Å². The van der Waals surface area contributed by atoms with E-state index in [1.165, 1.54) is 12.1 Å². The van der Waals surface area contributed by atoms with Crippen molar-refractivity contribution in [1.29, 1.82) is 0 Å². The van der Waals surface area contributed by atoms with Crippen LogP contribution in [-0.4, -0.2) is 36.2 Å². The number of rotatable bonds is 11. The van der Waals surface area contributed by atoms with Gasteiger partial charge in [0.1, 0.15) is 11.7 Å². The minimum Gasteiger partial charge on any atom is -0.376 e. The van der Waals surface area contributed by atoms with Crippen LogP contribution in [0.5, 0.6) is 0 Å². The zero-order chi connectivity index (χ0) is 21.2. The molecule has 0 saturated carbocycles. The molecule has 0 aromatic heterocycles. The second-order valence-electron chi connectivity index (χ2n) is 6.80. The van der Waals surface area contributed by atoms with Gasteiger partial charge in [-0.25, -0.2) is 0 Å². The van der Waals surface area contributed by atoms with E-state index in [1.54, 1.807) is 19.1 Å². The van der Waals surface area contributed by atoms with E-state index in [0.717, 1.165) is 11.3 Å². The number of hydrogen-bond acceptors (Lipinski definition) is 6. The molecule has 2 aromatic rings. The van der Waals surface area contributed by atoms with E-state index in [0.29, 0.717) is 19.8 Å². The summed E-state index contributed by atoms with van der Waals surface area (Å²) in [4.78, 5) is 23.0. The van der Waals surface area contributed by atoms with Crippen LogP contribution in [0, 0.1) is 10.1 Å². The zero-order valence-electron chi connectivity index (χ0n) is 16.9. The van der Waals surface area contributed by atoms with Crippen molar-refractivity contribution >= 4 is 23.0 Å². The highest BCUT2D eigenvalue weighted by molar-refractivity contribution is 5.97. The molecule has 0 aliphatic carbocycles. The van der Waals surface area contributed by atoms with Gasteiger partial charge >= 0.3 is 0 Å². The van der Waals surface area contributed by atoms with Crippen molar-refractivity contribution in [2.24, 2.45) is 0 Å². The number of carbonyl (C=O) groups is 1. The lowest BCUT2D eigenvalue weighted by atomic mass is 10.2. The van der Waals surface area contributed by atoms with Gasteiger partial charge in [0.05, 0.1) is 30.8 Å². The normalized spacial score (nSPS) is 11.9. The third-order valence-corrected chi connectivity index (χ3v) is 4.01. The number of ether oxygens (including phenoxy) is 2. The summed E-state index contributed by atoms with van der Waals surface area (Å²) < 4.78 is 11.0. The Morgan fingerprint density at radius 3 is 2.59 bits per heavy atom. The first-order chi connectivity index (χ1) is 13.9. The molecule has 0 saturated heterocycles. The topological polar surface area (TPSA) is 103 Å². The maximum atomic E-state index is 12.4. The van der Waals surface area contributed by atoms with Crippen molar-refractivity contribution in [2.45, 2.75) is 39.5 Å². The summed E-state index contributed by atoms with van der Waals surface area (Å²) in [5.74, 6) is -0.369. The fourth-order valence-corrected chi connectivity index (χ4v) is 2.58. The molecule has 0 fully saturated rings. The monoisotopic (exact) mass is 401 g/mol. The fraction of sp³-hybridized carbons (Fsp3) is 0.381. The van der Waals surface area contributed by atoms with Crippen molar-refractivity contribution in [2.75, 3.05) is 23.8 Å². The molecule has 1 atom stereocenters. The van der Waals surface area contributed by atoms with E-state index < -0.39 is 11.0 Å². The Kier molecular flexibility index (Phi) is 8.57. The van der Waals surface area contributed by atoms with Gasteiger partial charge in [0, 0.05) is 11.8 Å². The molecule has 0 aliphatic heterocycles. The molecule has 1 unspecified atom stereocenters. The van der Waals surface area contributed by atoms with E-state index in [9.17, 15) is 14.9 Å². The van der Waals surface area contributed by atoms with Crippen LogP contribution in [0.15, 0.2) is 48.5 Å². The summed E-state index contributed by atoms with van der Waals surface area (Å²) in [6, 6.07) is 13.0. The van der Waals surface area contributed by atoms with Crippen LogP contribution in [0.3, 0.4) is 0 Å². The van der Waals surface area contributed by atoms with Crippen molar-refractivity contribution in [3.63, 3.8) is 0 Å². The van der Waals surface area contributed by atoms with Crippen LogP contribution < -0.4 is 10.6 Å². The fourth-order valence-electron chi connectivity index (χ4n) is 2.58. The molecule has 2 aromatic carbocycles. The van der Waals surface area contributed by atoms with Crippen LogP contribution in [0.2, 0.25) is 0 Å². The van der Waals surface area contributed by atoms with Crippen molar-refractivity contribution in [3.8, 4) is 0 Å². The Labute approximate surface area is 170 Å². The summed E-state index contributed by atoms with van der Waals surface area (Å²) in [7, 11) is 0. The Bertz CT molecular complexity index is 825. The number of nitro groups is 1. The highest BCUT2D eigenvalue weighted by Gasteiger charge is 2.18. The van der Waals surface area contributed by atoms with Crippen LogP contribution >= 0.6 is 0 Å². The second-order valence-corrected chi connectivity index (χ2v) is 6.80. The quantitative estimate of drug-likeness (QED) is 0.335. The standard InChI is InChI=1S/C21H27N3O5/c1-15(2)29-12-11-28-14-17-7-6-8-18(13-17)22-16(3)21(25)23-19-9-4-5-10-20(19)24(26)27/h4-10,13,15-16,22H,11-12,14H2,1-3H3,(H,23,25). The molecule has 0 aliphatic rings. The van der Waals surface area contributed by atoms with Gasteiger partial charge in [-0.15, -0.1) is 0 Å². The lowest BCUT2D eigenvalue weighted by Crippen LogP contribution is -2.32. The Balaban J connectivity index is 1.89. The van der Waals surface area contributed by atoms with Gasteiger partial charge in [-0.2, -0.15) is 0 Å². The molecule has 29 heavy (non-hydrogen) atoms. The lowest BCUT2D eigenvalue weighted by molar-refractivity contribution is -0.383. The van der Waals surface area contributed by atoms with Gasteiger partial charge in [-0.3, -0.25) is 14.9 Å². The number of nitrogens with one attached hydrogen (secondary N) is 2. The van der Waals surface area contributed by atoms with Gasteiger partial charge in [0.15, 0.2) is 0 Å². The lowest BCUT2D eigenvalue weighted by Gasteiger charge is -2.16. The third-order valence-electron chi connectivity index (χ3n) is 4.01. The third kappa shape index (κ3) is 7.52. The Morgan fingerprint density at radius 1 is 1.10 bits per heavy atom. The number of amides is 1. The zero-order valence-corrected chi connectivity index (χ0v) is 16.9. The largest absolute Gasteiger partial charge is 0.376 e. The number of nitrogens with zero attached hydrogens (tertiary/aromatic N) is 1. The van der Waals surface area contributed by atoms with Crippen molar-refractivity contribution < 1.29 is 19.2 Å². The first kappa shape index (κ1) is 22.3. The van der Waals surface area contributed by atoms with Crippen LogP contribution in [-0.2, 0) is 20.9 Å². The first-order valence-corrected chi connectivity index (χ1v) is 9.46. The summed E-state index contributed by atoms with van der Waals surface area (Å²) in [6.07, 6.45) is 0.177. The maximum Gasteiger partial charge on any atom is 0.292 e. The Morgan fingerprint density at radius 2 is 1.86 bits per heavy atom. The second kappa shape index (κ2) is 11.1. The molecule has 2 rings (SSSR count). The number of hydrogen-bond donors (Lipinski definition) is 2. The van der Waals surface area contributed by atoms with E-state index in [4.69, 9.17) is 9.47 Å². The smallest absolute Gasteiger partial charge is 0.292 e. The molecular formula is C21H27N3O5. The predicted octanol–water partition coefficient (Wildman–Crippen LogP) is 3.98. The van der Waals surface area contributed by atoms with E-state index >= 15 is 0 Å². The van der Waals surface area contributed by atoms with Gasteiger partial charge < -0.3 is 20.1 Å². The number of anilines is 2. The van der Waals surface area contributed by atoms with Gasteiger partial charge in [0.2, 0.25) is 5.91 Å². The van der Waals surface area contributed by atoms with E-state index in [1.807, 2.05) is 38.1 Å². The molecular weight excluding hydrogens is 374 g/mol. The molecule has 156 valence electrons. The molecule has 1 amide bonds. The molecule has 8 nitrogen and oxygen atoms in total. The maximum absolute atomic E-state index is 12.4. The van der Waals surface area contributed by atoms with E-state index in [2.05, 4.69) is 10.6 Å². The van der Waals surface area contributed by atoms with Crippen molar-refractivity contribution in [3.05, 3.63) is 64.2 Å². The number of para-hydroxylation sites is 2. The molecule has 2 N–H and O–H groups in total. The Hall–Kier alpha value is -2.97. The first-order valence-electron chi connectivity index (χ1n) is 9.46. The molecule has 0 bridgehead atoms. The number of carbonyl (C=O) groups excluding carboxylic acids is 1. The van der Waals surface area contributed by atoms with Crippen LogP contribution in [0.4, 0.5) is 17.1 Å². The average molecular weight is 401 g/mol. The summed E-state index contributed by atoms with van der Waals surface area (Å²) >= 11 is 0. The average Bonchev–Trinajstić information content (AvgIpc) is 2.68. The molecule has 0 spiro atoms. The van der Waals surface area contributed by atoms with Crippen LogP contribution in [0.1, 0.15) is 26.3 Å². The van der Waals surface area contributed by atoms with Gasteiger partial charge in [-0.05, 0) is 44.5 Å². The highest BCUT2D eigenvalue weighted by atomic mass is 16.6. The molecule has 8 heteroatoms. The molecule has 0 heterocycles. The highest BCUT2D eigenvalue weighted by Crippen LogP contribution is 2.23. The number of benzene rings is 2. The van der Waals surface area contributed by atoms with Crippen molar-refractivity contribution in [1.82, 2.24) is 0 Å². The molecule has 0 radical (unpaired) electrons.